The van der Waals surface area contributed by atoms with Crippen molar-refractivity contribution in [3.63, 3.8) is 0 Å². The Balaban J connectivity index is 1.55. The number of carbonyl (C=O) groups is 1. The summed E-state index contributed by atoms with van der Waals surface area (Å²) in [6, 6.07) is 16.8. The molecule has 0 unspecified atom stereocenters. The van der Waals surface area contributed by atoms with Crippen molar-refractivity contribution in [1.29, 1.82) is 0 Å². The third-order valence-corrected chi connectivity index (χ3v) is 5.49. The number of hydrogen-bond donors (Lipinski definition) is 1. The number of oxime groups is 1. The normalized spacial score (nSPS) is 10.9. The molecule has 4 aromatic rings. The maximum absolute atomic E-state index is 13.4. The summed E-state index contributed by atoms with van der Waals surface area (Å²) < 4.78 is 23.7. The molecule has 0 aliphatic carbocycles. The van der Waals surface area contributed by atoms with Gasteiger partial charge in [0.25, 0.3) is 0 Å². The maximum Gasteiger partial charge on any atom is 0.346 e. The third kappa shape index (κ3) is 6.75. The Hall–Kier alpha value is -4.68. The summed E-state index contributed by atoms with van der Waals surface area (Å²) in [4.78, 5) is 25.1. The summed E-state index contributed by atoms with van der Waals surface area (Å²) in [5.74, 6) is 5.77. The van der Waals surface area contributed by atoms with E-state index in [1.54, 1.807) is 49.4 Å². The van der Waals surface area contributed by atoms with E-state index in [0.29, 0.717) is 50.0 Å². The van der Waals surface area contributed by atoms with Crippen LogP contribution in [0.2, 0.25) is 5.02 Å². The average molecular weight is 533 g/mol. The zero-order valence-corrected chi connectivity index (χ0v) is 21.3. The highest BCUT2D eigenvalue weighted by atomic mass is 35.5. The Labute approximate surface area is 223 Å². The molecule has 0 fully saturated rings. The Kier molecular flexibility index (Phi) is 8.69. The second-order valence-corrected chi connectivity index (χ2v) is 8.21. The number of nitrogens with one attached hydrogen (secondary N) is 1. The van der Waals surface area contributed by atoms with Gasteiger partial charge in [0.1, 0.15) is 30.3 Å². The Morgan fingerprint density at radius 2 is 2.00 bits per heavy atom. The third-order valence-electron chi connectivity index (χ3n) is 5.20. The van der Waals surface area contributed by atoms with Gasteiger partial charge in [-0.3, -0.25) is 0 Å². The van der Waals surface area contributed by atoms with Crippen molar-refractivity contribution in [1.82, 2.24) is 9.97 Å². The van der Waals surface area contributed by atoms with Crippen molar-refractivity contribution < 1.29 is 23.5 Å². The summed E-state index contributed by atoms with van der Waals surface area (Å²) in [5, 5.41) is 8.31. The molecule has 1 aromatic heterocycles. The number of esters is 1. The minimum absolute atomic E-state index is 0.178. The van der Waals surface area contributed by atoms with Gasteiger partial charge in [0.15, 0.2) is 5.71 Å². The Bertz CT molecular complexity index is 1570. The van der Waals surface area contributed by atoms with Gasteiger partial charge in [0, 0.05) is 16.6 Å². The van der Waals surface area contributed by atoms with E-state index in [9.17, 15) is 9.18 Å². The smallest absolute Gasteiger partial charge is 0.346 e. The molecule has 4 rings (SSSR count). The van der Waals surface area contributed by atoms with Crippen LogP contribution in [0.3, 0.4) is 0 Å². The van der Waals surface area contributed by atoms with Crippen LogP contribution in [0.5, 0.6) is 5.75 Å². The first-order chi connectivity index (χ1) is 18.5. The maximum atomic E-state index is 13.4. The first kappa shape index (κ1) is 26.4. The quantitative estimate of drug-likeness (QED) is 0.129. The van der Waals surface area contributed by atoms with Crippen LogP contribution in [0.15, 0.2) is 72.1 Å². The van der Waals surface area contributed by atoms with Gasteiger partial charge in [-0.05, 0) is 66.9 Å². The van der Waals surface area contributed by atoms with Crippen molar-refractivity contribution in [3.05, 3.63) is 89.0 Å². The monoisotopic (exact) mass is 532 g/mol. The van der Waals surface area contributed by atoms with Crippen LogP contribution >= 0.6 is 11.6 Å². The van der Waals surface area contributed by atoms with Crippen molar-refractivity contribution >= 4 is 45.7 Å². The van der Waals surface area contributed by atoms with Crippen LogP contribution in [0.25, 0.3) is 10.9 Å². The summed E-state index contributed by atoms with van der Waals surface area (Å²) >= 11 is 6.44. The predicted molar refractivity (Wildman–Crippen MR) is 143 cm³/mol. The first-order valence-corrected chi connectivity index (χ1v) is 11.7. The lowest BCUT2D eigenvalue weighted by Crippen LogP contribution is -2.09. The molecule has 0 amide bonds. The molecule has 0 spiro atoms. The van der Waals surface area contributed by atoms with Gasteiger partial charge in [-0.25, -0.2) is 19.2 Å². The molecule has 0 saturated heterocycles. The van der Waals surface area contributed by atoms with Gasteiger partial charge in [0.05, 0.1) is 17.6 Å². The SMILES string of the molecule is CC#CC(=NOCC(=O)OC)c1ccc2ncnc(Nc3ccc(OCc4cccc(F)c4)c(Cl)c3)c2c1. The van der Waals surface area contributed by atoms with Gasteiger partial charge in [-0.1, -0.05) is 34.8 Å². The number of methoxy groups -OCH3 is 1. The molecule has 10 heteroatoms. The van der Waals surface area contributed by atoms with Crippen molar-refractivity contribution in [2.45, 2.75) is 13.5 Å². The van der Waals surface area contributed by atoms with E-state index >= 15 is 0 Å². The van der Waals surface area contributed by atoms with Crippen LogP contribution in [-0.4, -0.2) is 35.4 Å². The highest BCUT2D eigenvalue weighted by molar-refractivity contribution is 6.32. The number of rotatable bonds is 9. The van der Waals surface area contributed by atoms with E-state index in [1.165, 1.54) is 25.6 Å². The van der Waals surface area contributed by atoms with Crippen LogP contribution in [0.4, 0.5) is 15.9 Å². The first-order valence-electron chi connectivity index (χ1n) is 11.4. The molecule has 192 valence electrons. The lowest BCUT2D eigenvalue weighted by molar-refractivity contribution is -0.145. The molecular weight excluding hydrogens is 511 g/mol. The molecule has 0 saturated carbocycles. The zero-order valence-electron chi connectivity index (χ0n) is 20.5. The summed E-state index contributed by atoms with van der Waals surface area (Å²) in [5.41, 5.74) is 3.02. The molecule has 38 heavy (non-hydrogen) atoms. The fourth-order valence-electron chi connectivity index (χ4n) is 3.40. The summed E-state index contributed by atoms with van der Waals surface area (Å²) in [6.07, 6.45) is 1.45. The summed E-state index contributed by atoms with van der Waals surface area (Å²) in [6.45, 7) is 1.51. The van der Waals surface area contributed by atoms with E-state index in [2.05, 4.69) is 37.0 Å². The number of carbonyl (C=O) groups excluding carboxylic acids is 1. The second kappa shape index (κ2) is 12.5. The van der Waals surface area contributed by atoms with E-state index in [0.717, 1.165) is 0 Å². The van der Waals surface area contributed by atoms with Gasteiger partial charge >= 0.3 is 5.97 Å². The standard InChI is InChI=1S/C28H22ClFN4O4/c1-3-5-24(34-38-16-27(35)36-2)19-8-10-25-22(13-19)28(32-17-31-25)33-21-9-11-26(23(29)14-21)37-15-18-6-4-7-20(30)12-18/h4,6-14,17H,15-16H2,1-2H3,(H,31,32,33). The van der Waals surface area contributed by atoms with Crippen LogP contribution < -0.4 is 10.1 Å². The summed E-state index contributed by atoms with van der Waals surface area (Å²) in [7, 11) is 1.26. The Morgan fingerprint density at radius 3 is 2.76 bits per heavy atom. The predicted octanol–water partition coefficient (Wildman–Crippen LogP) is 5.66. The number of hydrogen-bond acceptors (Lipinski definition) is 8. The van der Waals surface area contributed by atoms with Crippen LogP contribution in [0.1, 0.15) is 18.1 Å². The van der Waals surface area contributed by atoms with Crippen LogP contribution in [0, 0.1) is 17.7 Å². The molecule has 3 aromatic carbocycles. The number of anilines is 2. The molecule has 0 bridgehead atoms. The molecule has 1 heterocycles. The molecule has 0 aliphatic heterocycles. The molecule has 0 radical (unpaired) electrons. The topological polar surface area (TPSA) is 94.9 Å². The van der Waals surface area contributed by atoms with Gasteiger partial charge in [-0.15, -0.1) is 0 Å². The van der Waals surface area contributed by atoms with Crippen molar-refractivity contribution in [2.75, 3.05) is 19.0 Å². The number of benzene rings is 3. The molecule has 0 atom stereocenters. The van der Waals surface area contributed by atoms with E-state index in [1.807, 2.05) is 6.07 Å². The number of aromatic nitrogens is 2. The number of halogens is 2. The van der Waals surface area contributed by atoms with E-state index in [-0.39, 0.29) is 19.0 Å². The van der Waals surface area contributed by atoms with Gasteiger partial charge in [-0.2, -0.15) is 0 Å². The average Bonchev–Trinajstić information content (AvgIpc) is 2.92. The fraction of sp³-hybridized carbons (Fsp3) is 0.143. The van der Waals surface area contributed by atoms with Crippen molar-refractivity contribution in [3.8, 4) is 17.6 Å². The van der Waals surface area contributed by atoms with Crippen LogP contribution in [-0.2, 0) is 21.0 Å². The number of ether oxygens (including phenoxy) is 2. The highest BCUT2D eigenvalue weighted by Crippen LogP contribution is 2.31. The lowest BCUT2D eigenvalue weighted by atomic mass is 10.1. The molecule has 8 nitrogen and oxygen atoms in total. The number of fused-ring (bicyclic) bond motifs is 1. The molecule has 1 N–H and O–H groups in total. The molecule has 0 aliphatic rings. The fourth-order valence-corrected chi connectivity index (χ4v) is 3.63. The van der Waals surface area contributed by atoms with Crippen molar-refractivity contribution in [2.24, 2.45) is 5.16 Å². The number of nitrogens with zero attached hydrogens (tertiary/aromatic N) is 3. The largest absolute Gasteiger partial charge is 0.487 e. The molecular formula is C28H22ClFN4O4. The Morgan fingerprint density at radius 1 is 1.13 bits per heavy atom. The lowest BCUT2D eigenvalue weighted by Gasteiger charge is -2.12. The van der Waals surface area contributed by atoms with Gasteiger partial charge < -0.3 is 19.6 Å². The second-order valence-electron chi connectivity index (χ2n) is 7.81. The van der Waals surface area contributed by atoms with E-state index < -0.39 is 5.97 Å². The van der Waals surface area contributed by atoms with Gasteiger partial charge in [0.2, 0.25) is 6.61 Å². The minimum atomic E-state index is -0.556. The zero-order chi connectivity index (χ0) is 26.9. The van der Waals surface area contributed by atoms with E-state index in [4.69, 9.17) is 21.2 Å². The highest BCUT2D eigenvalue weighted by Gasteiger charge is 2.11. The minimum Gasteiger partial charge on any atom is -0.487 e.